The summed E-state index contributed by atoms with van der Waals surface area (Å²) in [5, 5.41) is 7.98. The van der Waals surface area contributed by atoms with Crippen LogP contribution in [0.1, 0.15) is 5.56 Å². The number of para-hydroxylation sites is 1. The second kappa shape index (κ2) is 4.02. The maximum absolute atomic E-state index is 6.05. The Morgan fingerprint density at radius 3 is 3.19 bits per heavy atom. The third-order valence-corrected chi connectivity index (χ3v) is 5.05. The summed E-state index contributed by atoms with van der Waals surface area (Å²) in [6.07, 6.45) is 2.83. The molecule has 0 amide bonds. The summed E-state index contributed by atoms with van der Waals surface area (Å²) in [5.41, 5.74) is 4.46. The van der Waals surface area contributed by atoms with Gasteiger partial charge in [-0.1, -0.05) is 12.1 Å². The average Bonchev–Trinajstić information content (AvgIpc) is 3.18. The Kier molecular flexibility index (Phi) is 2.23. The molecule has 0 saturated heterocycles. The molecule has 0 aliphatic carbocycles. The minimum atomic E-state index is 0.218. The quantitative estimate of drug-likeness (QED) is 0.550. The zero-order valence-corrected chi connectivity index (χ0v) is 12.3. The molecule has 0 spiro atoms. The molecule has 0 unspecified atom stereocenters. The molecule has 3 aromatic rings. The van der Waals surface area contributed by atoms with Gasteiger partial charge in [0.05, 0.1) is 35.1 Å². The molecule has 2 aliphatic heterocycles. The predicted molar refractivity (Wildman–Crippen MR) is 83.9 cm³/mol. The van der Waals surface area contributed by atoms with Gasteiger partial charge in [-0.25, -0.2) is 4.31 Å². The number of halogens is 1. The molecule has 0 saturated carbocycles. The van der Waals surface area contributed by atoms with E-state index in [9.17, 15) is 0 Å². The molecule has 0 radical (unpaired) electrons. The van der Waals surface area contributed by atoms with Crippen LogP contribution < -0.4 is 8.61 Å². The van der Waals surface area contributed by atoms with E-state index in [1.807, 2.05) is 0 Å². The van der Waals surface area contributed by atoms with Gasteiger partial charge in [-0.2, -0.15) is 15.1 Å². The third kappa shape index (κ3) is 1.53. The van der Waals surface area contributed by atoms with Gasteiger partial charge in [0.2, 0.25) is 5.28 Å². The largest absolute Gasteiger partial charge is 0.296 e. The molecule has 4 heterocycles. The lowest BCUT2D eigenvalue weighted by atomic mass is 10.1. The van der Waals surface area contributed by atoms with Gasteiger partial charge in [-0.05, 0) is 29.7 Å². The van der Waals surface area contributed by atoms with E-state index in [0.29, 0.717) is 5.65 Å². The molecule has 6 nitrogen and oxygen atoms in total. The number of nitrogens with one attached hydrogen (secondary N) is 1. The SMILES string of the molecule is Clc1nc(N2SN3CCc4cccc2c43)c2cn[nH]c2n1. The van der Waals surface area contributed by atoms with Crippen molar-refractivity contribution in [2.24, 2.45) is 0 Å². The molecule has 21 heavy (non-hydrogen) atoms. The van der Waals surface area contributed by atoms with E-state index in [4.69, 9.17) is 11.6 Å². The summed E-state index contributed by atoms with van der Waals surface area (Å²) in [5.74, 6) is 0.770. The number of anilines is 3. The van der Waals surface area contributed by atoms with E-state index in [0.717, 1.165) is 29.9 Å². The Morgan fingerprint density at radius 2 is 2.24 bits per heavy atom. The number of benzene rings is 1. The lowest BCUT2D eigenvalue weighted by Gasteiger charge is -2.18. The van der Waals surface area contributed by atoms with Crippen LogP contribution in [0.3, 0.4) is 0 Å². The van der Waals surface area contributed by atoms with E-state index in [-0.39, 0.29) is 5.28 Å². The van der Waals surface area contributed by atoms with Crippen molar-refractivity contribution in [2.45, 2.75) is 6.42 Å². The maximum atomic E-state index is 6.05. The highest BCUT2D eigenvalue weighted by molar-refractivity contribution is 8.02. The van der Waals surface area contributed by atoms with E-state index >= 15 is 0 Å². The van der Waals surface area contributed by atoms with E-state index in [1.54, 1.807) is 18.3 Å². The standard InChI is InChI=1S/C13H9ClN6S/c14-13-16-11-8(6-15-18-11)12(17-13)20-9-3-1-2-7-4-5-19(21-20)10(7)9/h1-3,6H,4-5H2,(H,15,16,17,18). The van der Waals surface area contributed by atoms with E-state index in [1.165, 1.54) is 11.3 Å². The monoisotopic (exact) mass is 316 g/mol. The van der Waals surface area contributed by atoms with Crippen molar-refractivity contribution < 1.29 is 0 Å². The fourth-order valence-corrected chi connectivity index (χ4v) is 4.17. The number of nitrogens with zero attached hydrogens (tertiary/aromatic N) is 5. The average molecular weight is 317 g/mol. The Bertz CT molecular complexity index is 878. The van der Waals surface area contributed by atoms with Crippen molar-refractivity contribution in [3.05, 3.63) is 35.2 Å². The predicted octanol–water partition coefficient (Wildman–Crippen LogP) is 3.08. The van der Waals surface area contributed by atoms with E-state index in [2.05, 4.69) is 47.0 Å². The summed E-state index contributed by atoms with van der Waals surface area (Å²) >= 11 is 7.70. The minimum absolute atomic E-state index is 0.218. The number of hydrogen-bond acceptors (Lipinski definition) is 6. The number of rotatable bonds is 1. The van der Waals surface area contributed by atoms with Crippen molar-refractivity contribution in [1.29, 1.82) is 0 Å². The van der Waals surface area contributed by atoms with Crippen LogP contribution >= 0.6 is 23.7 Å². The molecule has 8 heteroatoms. The van der Waals surface area contributed by atoms with Crippen molar-refractivity contribution in [2.75, 3.05) is 15.2 Å². The Balaban J connectivity index is 1.76. The van der Waals surface area contributed by atoms with Crippen LogP contribution in [-0.2, 0) is 6.42 Å². The fraction of sp³-hybridized carbons (Fsp3) is 0.154. The normalized spacial score (nSPS) is 16.0. The van der Waals surface area contributed by atoms with Crippen LogP contribution in [-0.4, -0.2) is 26.7 Å². The number of H-pyrrole nitrogens is 1. The molecule has 0 fully saturated rings. The number of fused-ring (bicyclic) bond motifs is 1. The molecule has 0 atom stereocenters. The number of aromatic nitrogens is 4. The number of aromatic amines is 1. The third-order valence-electron chi connectivity index (χ3n) is 3.79. The van der Waals surface area contributed by atoms with Crippen molar-refractivity contribution in [1.82, 2.24) is 20.2 Å². The Labute approximate surface area is 129 Å². The molecule has 2 aliphatic rings. The summed E-state index contributed by atoms with van der Waals surface area (Å²) < 4.78 is 4.40. The first-order chi connectivity index (χ1) is 10.3. The van der Waals surface area contributed by atoms with Gasteiger partial charge in [0, 0.05) is 6.54 Å². The smallest absolute Gasteiger partial charge is 0.226 e. The highest BCUT2D eigenvalue weighted by Gasteiger charge is 2.36. The fourth-order valence-electron chi connectivity index (χ4n) is 2.89. The van der Waals surface area contributed by atoms with Gasteiger partial charge in [0.15, 0.2) is 11.5 Å². The Morgan fingerprint density at radius 1 is 1.29 bits per heavy atom. The minimum Gasteiger partial charge on any atom is -0.296 e. The lowest BCUT2D eigenvalue weighted by Crippen LogP contribution is -2.13. The molecule has 104 valence electrons. The zero-order valence-electron chi connectivity index (χ0n) is 10.7. The summed E-state index contributed by atoms with van der Waals surface area (Å²) in [7, 11) is 0. The summed E-state index contributed by atoms with van der Waals surface area (Å²) in [6, 6.07) is 6.38. The highest BCUT2D eigenvalue weighted by Crippen LogP contribution is 2.53. The lowest BCUT2D eigenvalue weighted by molar-refractivity contribution is 1.06. The highest BCUT2D eigenvalue weighted by atomic mass is 35.5. The first kappa shape index (κ1) is 11.6. The van der Waals surface area contributed by atoms with Crippen LogP contribution in [0.25, 0.3) is 11.0 Å². The van der Waals surface area contributed by atoms with E-state index < -0.39 is 0 Å². The molecule has 1 N–H and O–H groups in total. The first-order valence-electron chi connectivity index (χ1n) is 6.55. The summed E-state index contributed by atoms with van der Waals surface area (Å²) in [4.78, 5) is 8.58. The molecule has 1 aromatic carbocycles. The van der Waals surface area contributed by atoms with Crippen LogP contribution in [0.4, 0.5) is 17.2 Å². The van der Waals surface area contributed by atoms with Crippen LogP contribution in [0.15, 0.2) is 24.4 Å². The second-order valence-corrected chi connectivity index (χ2v) is 6.27. The van der Waals surface area contributed by atoms with Gasteiger partial charge >= 0.3 is 0 Å². The van der Waals surface area contributed by atoms with Gasteiger partial charge in [0.1, 0.15) is 0 Å². The van der Waals surface area contributed by atoms with Crippen LogP contribution in [0.2, 0.25) is 5.28 Å². The zero-order chi connectivity index (χ0) is 14.0. The van der Waals surface area contributed by atoms with Crippen molar-refractivity contribution >= 4 is 52.0 Å². The first-order valence-corrected chi connectivity index (χ1v) is 7.66. The molecular weight excluding hydrogens is 308 g/mol. The van der Waals surface area contributed by atoms with Gasteiger partial charge in [-0.3, -0.25) is 9.40 Å². The van der Waals surface area contributed by atoms with Crippen molar-refractivity contribution in [3.63, 3.8) is 0 Å². The second-order valence-electron chi connectivity index (χ2n) is 4.96. The topological polar surface area (TPSA) is 60.9 Å². The van der Waals surface area contributed by atoms with Crippen LogP contribution in [0, 0.1) is 0 Å². The summed E-state index contributed by atoms with van der Waals surface area (Å²) in [6.45, 7) is 1.01. The van der Waals surface area contributed by atoms with Gasteiger partial charge < -0.3 is 0 Å². The molecule has 0 bridgehead atoms. The molecule has 5 rings (SSSR count). The number of hydrogen-bond donors (Lipinski definition) is 1. The molecular formula is C13H9ClN6S. The molecule has 2 aromatic heterocycles. The van der Waals surface area contributed by atoms with Gasteiger partial charge in [0.25, 0.3) is 0 Å². The van der Waals surface area contributed by atoms with Crippen molar-refractivity contribution in [3.8, 4) is 0 Å². The Hall–Kier alpha value is -1.99. The maximum Gasteiger partial charge on any atom is 0.226 e. The van der Waals surface area contributed by atoms with Crippen LogP contribution in [0.5, 0.6) is 0 Å². The van der Waals surface area contributed by atoms with Gasteiger partial charge in [-0.15, -0.1) is 0 Å².